The molecule has 20 heavy (non-hydrogen) atoms. The summed E-state index contributed by atoms with van der Waals surface area (Å²) in [5, 5.41) is 13.5. The third kappa shape index (κ3) is 2.00. The minimum atomic E-state index is -4.48. The van der Waals surface area contributed by atoms with Crippen LogP contribution in [0, 0.1) is 0 Å². The van der Waals surface area contributed by atoms with E-state index in [2.05, 4.69) is 10.1 Å². The third-order valence-electron chi connectivity index (χ3n) is 3.59. The lowest BCUT2D eigenvalue weighted by molar-refractivity contribution is -0.141. The normalized spacial score (nSPS) is 18.4. The monoisotopic (exact) mass is 286 g/mol. The van der Waals surface area contributed by atoms with Gasteiger partial charge in [0.25, 0.3) is 0 Å². The van der Waals surface area contributed by atoms with Gasteiger partial charge in [-0.25, -0.2) is 9.50 Å². The van der Waals surface area contributed by atoms with E-state index in [1.807, 2.05) is 6.92 Å². The summed E-state index contributed by atoms with van der Waals surface area (Å²) in [5.41, 5.74) is -1.43. The maximum Gasteiger partial charge on any atom is 0.435 e. The van der Waals surface area contributed by atoms with Gasteiger partial charge in [0, 0.05) is 18.5 Å². The van der Waals surface area contributed by atoms with Crippen molar-refractivity contribution in [1.29, 1.82) is 0 Å². The molecule has 0 atom stereocenters. The molecule has 0 bridgehead atoms. The molecule has 0 amide bonds. The fourth-order valence-electron chi connectivity index (χ4n) is 2.33. The van der Waals surface area contributed by atoms with E-state index in [4.69, 9.17) is 0 Å². The summed E-state index contributed by atoms with van der Waals surface area (Å²) < 4.78 is 39.2. The Labute approximate surface area is 112 Å². The molecule has 0 spiro atoms. The van der Waals surface area contributed by atoms with Gasteiger partial charge < -0.3 is 10.0 Å². The van der Waals surface area contributed by atoms with Gasteiger partial charge in [-0.2, -0.15) is 18.3 Å². The second-order valence-electron chi connectivity index (χ2n) is 5.04. The molecule has 1 N–H and O–H groups in total. The van der Waals surface area contributed by atoms with Gasteiger partial charge >= 0.3 is 6.18 Å². The number of β-amino-alcohol motifs (C(OH)–C–C–N with tert-alkyl or cyclic N) is 1. The molecule has 0 radical (unpaired) electrons. The first-order valence-corrected chi connectivity index (χ1v) is 6.21. The molecule has 1 aliphatic rings. The predicted molar refractivity (Wildman–Crippen MR) is 65.4 cm³/mol. The molecule has 5 nitrogen and oxygen atoms in total. The lowest BCUT2D eigenvalue weighted by Crippen LogP contribution is -2.62. The SMILES string of the molecule is CCC1(O)CN(c2nccn3nc(C(F)(F)F)cc23)C1. The number of hydrogen-bond acceptors (Lipinski definition) is 4. The first-order valence-electron chi connectivity index (χ1n) is 6.21. The molecule has 1 saturated heterocycles. The van der Waals surface area contributed by atoms with Gasteiger partial charge in [-0.3, -0.25) is 0 Å². The van der Waals surface area contributed by atoms with Crippen LogP contribution in [0.1, 0.15) is 19.0 Å². The quantitative estimate of drug-likeness (QED) is 0.913. The minimum absolute atomic E-state index is 0.290. The van der Waals surface area contributed by atoms with Crippen LogP contribution in [0.2, 0.25) is 0 Å². The Kier molecular flexibility index (Phi) is 2.69. The lowest BCUT2D eigenvalue weighted by atomic mass is 9.91. The minimum Gasteiger partial charge on any atom is -0.386 e. The molecule has 1 aliphatic heterocycles. The summed E-state index contributed by atoms with van der Waals surface area (Å²) in [6, 6.07) is 0.978. The Morgan fingerprint density at radius 2 is 2.10 bits per heavy atom. The molecule has 1 fully saturated rings. The number of aliphatic hydroxyl groups is 1. The second kappa shape index (κ2) is 4.08. The van der Waals surface area contributed by atoms with Gasteiger partial charge in [0.1, 0.15) is 5.52 Å². The Bertz CT molecular complexity index is 646. The predicted octanol–water partition coefficient (Wildman–Crippen LogP) is 1.71. The molecule has 2 aromatic heterocycles. The molecule has 0 unspecified atom stereocenters. The van der Waals surface area contributed by atoms with E-state index < -0.39 is 17.5 Å². The topological polar surface area (TPSA) is 53.7 Å². The van der Waals surface area contributed by atoms with Crippen molar-refractivity contribution in [2.24, 2.45) is 0 Å². The van der Waals surface area contributed by atoms with Gasteiger partial charge in [-0.1, -0.05) is 6.92 Å². The van der Waals surface area contributed by atoms with Crippen molar-refractivity contribution in [2.45, 2.75) is 25.1 Å². The van der Waals surface area contributed by atoms with Crippen LogP contribution in [0.4, 0.5) is 19.0 Å². The zero-order valence-corrected chi connectivity index (χ0v) is 10.7. The van der Waals surface area contributed by atoms with Crippen LogP contribution in [0.25, 0.3) is 5.52 Å². The summed E-state index contributed by atoms with van der Waals surface area (Å²) in [4.78, 5) is 5.86. The zero-order valence-electron chi connectivity index (χ0n) is 10.7. The van der Waals surface area contributed by atoms with E-state index in [9.17, 15) is 18.3 Å². The Morgan fingerprint density at radius 1 is 1.40 bits per heavy atom. The van der Waals surface area contributed by atoms with Crippen molar-refractivity contribution >= 4 is 11.3 Å². The standard InChI is InChI=1S/C12H13F3N4O/c1-2-11(20)6-18(7-11)10-8-5-9(12(13,14)15)17-19(8)4-3-16-10/h3-5,20H,2,6-7H2,1H3. The number of alkyl halides is 3. The molecule has 3 rings (SSSR count). The van der Waals surface area contributed by atoms with Crippen molar-refractivity contribution in [3.8, 4) is 0 Å². The molecular weight excluding hydrogens is 273 g/mol. The van der Waals surface area contributed by atoms with Crippen molar-refractivity contribution in [3.63, 3.8) is 0 Å². The highest BCUT2D eigenvalue weighted by molar-refractivity contribution is 5.70. The summed E-state index contributed by atoms with van der Waals surface area (Å²) >= 11 is 0. The van der Waals surface area contributed by atoms with E-state index in [0.717, 1.165) is 10.6 Å². The number of halogens is 3. The number of fused-ring (bicyclic) bond motifs is 1. The van der Waals surface area contributed by atoms with Crippen LogP contribution in [0.3, 0.4) is 0 Å². The van der Waals surface area contributed by atoms with E-state index in [1.54, 1.807) is 4.90 Å². The molecule has 3 heterocycles. The molecule has 2 aromatic rings. The average Bonchev–Trinajstić information content (AvgIpc) is 2.78. The van der Waals surface area contributed by atoms with E-state index in [-0.39, 0.29) is 5.52 Å². The Balaban J connectivity index is 1.99. The van der Waals surface area contributed by atoms with Gasteiger partial charge in [0.05, 0.1) is 18.7 Å². The maximum atomic E-state index is 12.7. The van der Waals surface area contributed by atoms with Crippen LogP contribution in [-0.4, -0.2) is 38.4 Å². The molecule has 0 aromatic carbocycles. The fraction of sp³-hybridized carbons (Fsp3) is 0.500. The van der Waals surface area contributed by atoms with Gasteiger partial charge in [-0.05, 0) is 6.42 Å². The van der Waals surface area contributed by atoms with Crippen molar-refractivity contribution in [1.82, 2.24) is 14.6 Å². The fourth-order valence-corrected chi connectivity index (χ4v) is 2.33. The molecule has 108 valence electrons. The number of anilines is 1. The van der Waals surface area contributed by atoms with E-state index in [1.165, 1.54) is 12.4 Å². The highest BCUT2D eigenvalue weighted by Crippen LogP contribution is 2.34. The van der Waals surface area contributed by atoms with Crippen LogP contribution in [0.5, 0.6) is 0 Å². The number of nitrogens with zero attached hydrogens (tertiary/aromatic N) is 4. The highest BCUT2D eigenvalue weighted by atomic mass is 19.4. The maximum absolute atomic E-state index is 12.7. The summed E-state index contributed by atoms with van der Waals surface area (Å²) in [6.45, 7) is 2.59. The molecule has 8 heteroatoms. The van der Waals surface area contributed by atoms with Crippen LogP contribution >= 0.6 is 0 Å². The lowest BCUT2D eigenvalue weighted by Gasteiger charge is -2.46. The van der Waals surface area contributed by atoms with Crippen molar-refractivity contribution in [3.05, 3.63) is 24.2 Å². The summed E-state index contributed by atoms with van der Waals surface area (Å²) in [5.74, 6) is 0.411. The van der Waals surface area contributed by atoms with E-state index >= 15 is 0 Å². The Morgan fingerprint density at radius 3 is 2.70 bits per heavy atom. The average molecular weight is 286 g/mol. The smallest absolute Gasteiger partial charge is 0.386 e. The molecule has 0 saturated carbocycles. The van der Waals surface area contributed by atoms with E-state index in [0.29, 0.717) is 25.3 Å². The first kappa shape index (κ1) is 13.2. The number of aromatic nitrogens is 3. The van der Waals surface area contributed by atoms with Crippen LogP contribution < -0.4 is 4.90 Å². The van der Waals surface area contributed by atoms with Gasteiger partial charge in [0.15, 0.2) is 11.5 Å². The third-order valence-corrected chi connectivity index (χ3v) is 3.59. The van der Waals surface area contributed by atoms with Crippen LogP contribution in [-0.2, 0) is 6.18 Å². The Hall–Kier alpha value is -1.83. The zero-order chi connectivity index (χ0) is 14.5. The number of rotatable bonds is 2. The van der Waals surface area contributed by atoms with Crippen molar-refractivity contribution < 1.29 is 18.3 Å². The molecule has 0 aliphatic carbocycles. The van der Waals surface area contributed by atoms with Gasteiger partial charge in [-0.15, -0.1) is 0 Å². The van der Waals surface area contributed by atoms with Crippen molar-refractivity contribution in [2.75, 3.05) is 18.0 Å². The van der Waals surface area contributed by atoms with Crippen LogP contribution in [0.15, 0.2) is 18.5 Å². The van der Waals surface area contributed by atoms with Gasteiger partial charge in [0.2, 0.25) is 0 Å². The first-order chi connectivity index (χ1) is 9.32. The number of hydrogen-bond donors (Lipinski definition) is 1. The summed E-state index contributed by atoms with van der Waals surface area (Å²) in [7, 11) is 0. The highest BCUT2D eigenvalue weighted by Gasteiger charge is 2.41. The second-order valence-corrected chi connectivity index (χ2v) is 5.04. The summed E-state index contributed by atoms with van der Waals surface area (Å²) in [6.07, 6.45) is -1.11. The largest absolute Gasteiger partial charge is 0.435 e. The molecular formula is C12H13F3N4O.